The average molecular weight is 135 g/mol. The smallest absolute Gasteiger partial charge is 0.140 e. The molecule has 0 spiro atoms. The molecule has 2 rings (SSSR count). The van der Waals surface area contributed by atoms with Gasteiger partial charge in [-0.1, -0.05) is 0 Å². The zero-order valence-electron chi connectivity index (χ0n) is 5.71. The highest BCUT2D eigenvalue weighted by atomic mass is 16.1. The number of nitrogens with zero attached hydrogens (tertiary/aromatic N) is 1. The molecule has 52 valence electrons. The van der Waals surface area contributed by atoms with Crippen LogP contribution in [0.15, 0.2) is 0 Å². The molecule has 2 bridgehead atoms. The molecule has 0 N–H and O–H groups in total. The molecular formula is C8H9NO. The van der Waals surface area contributed by atoms with Crippen molar-refractivity contribution >= 4 is 5.78 Å². The van der Waals surface area contributed by atoms with E-state index in [1.54, 1.807) is 0 Å². The minimum Gasteiger partial charge on any atom is -0.299 e. The Morgan fingerprint density at radius 2 is 2.30 bits per heavy atom. The van der Waals surface area contributed by atoms with E-state index in [4.69, 9.17) is 5.26 Å². The molecule has 0 saturated heterocycles. The van der Waals surface area contributed by atoms with Crippen molar-refractivity contribution in [2.75, 3.05) is 0 Å². The molecule has 2 aliphatic rings. The van der Waals surface area contributed by atoms with E-state index in [2.05, 4.69) is 6.07 Å². The lowest BCUT2D eigenvalue weighted by Gasteiger charge is -2.10. The lowest BCUT2D eigenvalue weighted by Crippen LogP contribution is -2.09. The van der Waals surface area contributed by atoms with Crippen molar-refractivity contribution in [3.8, 4) is 6.07 Å². The summed E-state index contributed by atoms with van der Waals surface area (Å²) in [5.74, 6) is 0.808. The van der Waals surface area contributed by atoms with Crippen LogP contribution in [-0.2, 0) is 4.79 Å². The fourth-order valence-corrected chi connectivity index (χ4v) is 2.21. The molecule has 2 saturated carbocycles. The van der Waals surface area contributed by atoms with Crippen LogP contribution >= 0.6 is 0 Å². The molecule has 0 aromatic carbocycles. The van der Waals surface area contributed by atoms with Gasteiger partial charge in [-0.3, -0.25) is 4.79 Å². The summed E-state index contributed by atoms with van der Waals surface area (Å²) in [4.78, 5) is 11.2. The summed E-state index contributed by atoms with van der Waals surface area (Å²) in [6.07, 6.45) is 2.86. The molecule has 3 atom stereocenters. The molecule has 0 radical (unpaired) electrons. The summed E-state index contributed by atoms with van der Waals surface area (Å²) in [6, 6.07) is 2.20. The highest BCUT2D eigenvalue weighted by Gasteiger charge is 2.47. The van der Waals surface area contributed by atoms with Crippen LogP contribution in [0.2, 0.25) is 0 Å². The van der Waals surface area contributed by atoms with E-state index in [1.807, 2.05) is 0 Å². The number of rotatable bonds is 0. The summed E-state index contributed by atoms with van der Waals surface area (Å²) in [5, 5.41) is 8.60. The number of fused-ring (bicyclic) bond motifs is 2. The van der Waals surface area contributed by atoms with Gasteiger partial charge in [-0.2, -0.15) is 5.26 Å². The Balaban J connectivity index is 2.25. The quantitative estimate of drug-likeness (QED) is 0.499. The van der Waals surface area contributed by atoms with E-state index in [9.17, 15) is 4.79 Å². The Labute approximate surface area is 59.8 Å². The first kappa shape index (κ1) is 5.91. The van der Waals surface area contributed by atoms with Crippen LogP contribution < -0.4 is 0 Å². The van der Waals surface area contributed by atoms with Gasteiger partial charge in [0.2, 0.25) is 0 Å². The monoisotopic (exact) mass is 135 g/mol. The second kappa shape index (κ2) is 1.82. The van der Waals surface area contributed by atoms with Crippen molar-refractivity contribution in [3.05, 3.63) is 0 Å². The van der Waals surface area contributed by atoms with Gasteiger partial charge in [-0.15, -0.1) is 0 Å². The standard InChI is InChI=1S/C8H9NO/c9-4-6-3-5-1-2-7(6)8(5)10/h5-7H,1-3H2/t5-,6-,7+/m0/s1. The molecule has 10 heavy (non-hydrogen) atoms. The van der Waals surface area contributed by atoms with E-state index in [-0.39, 0.29) is 17.8 Å². The van der Waals surface area contributed by atoms with E-state index in [0.29, 0.717) is 5.78 Å². The highest BCUT2D eigenvalue weighted by Crippen LogP contribution is 2.44. The lowest BCUT2D eigenvalue weighted by atomic mass is 9.90. The summed E-state index contributed by atoms with van der Waals surface area (Å²) in [7, 11) is 0. The molecule has 2 nitrogen and oxygen atoms in total. The Hall–Kier alpha value is -0.840. The number of nitriles is 1. The van der Waals surface area contributed by atoms with Crippen LogP contribution in [0.4, 0.5) is 0 Å². The van der Waals surface area contributed by atoms with Gasteiger partial charge < -0.3 is 0 Å². The fourth-order valence-electron chi connectivity index (χ4n) is 2.21. The third-order valence-electron chi connectivity index (χ3n) is 2.78. The number of hydrogen-bond donors (Lipinski definition) is 0. The van der Waals surface area contributed by atoms with Crippen molar-refractivity contribution in [3.63, 3.8) is 0 Å². The predicted molar refractivity (Wildman–Crippen MR) is 34.9 cm³/mol. The van der Waals surface area contributed by atoms with E-state index in [0.717, 1.165) is 19.3 Å². The van der Waals surface area contributed by atoms with E-state index >= 15 is 0 Å². The van der Waals surface area contributed by atoms with Crippen molar-refractivity contribution in [2.45, 2.75) is 19.3 Å². The lowest BCUT2D eigenvalue weighted by molar-refractivity contribution is -0.121. The SMILES string of the molecule is N#C[C@@H]1C[C@@H]2CC[C@H]1C2=O. The minimum atomic E-state index is 0.0613. The van der Waals surface area contributed by atoms with Gasteiger partial charge in [0, 0.05) is 11.8 Å². The summed E-state index contributed by atoms with van der Waals surface area (Å²) in [6.45, 7) is 0. The molecule has 0 amide bonds. The summed E-state index contributed by atoms with van der Waals surface area (Å²) < 4.78 is 0. The van der Waals surface area contributed by atoms with Gasteiger partial charge in [-0.05, 0) is 19.3 Å². The first-order valence-corrected chi connectivity index (χ1v) is 3.76. The third-order valence-corrected chi connectivity index (χ3v) is 2.78. The Kier molecular flexibility index (Phi) is 1.08. The Bertz CT molecular complexity index is 216. The fraction of sp³-hybridized carbons (Fsp3) is 0.750. The molecule has 2 fully saturated rings. The molecule has 0 aliphatic heterocycles. The zero-order chi connectivity index (χ0) is 7.14. The number of ketones is 1. The number of carbonyl (C=O) groups is 1. The first-order valence-electron chi connectivity index (χ1n) is 3.76. The third kappa shape index (κ3) is 0.553. The number of carbonyl (C=O) groups excluding carboxylic acids is 1. The van der Waals surface area contributed by atoms with Crippen LogP contribution in [0.3, 0.4) is 0 Å². The maximum atomic E-state index is 11.2. The topological polar surface area (TPSA) is 40.9 Å². The number of hydrogen-bond acceptors (Lipinski definition) is 2. The molecule has 0 heterocycles. The molecule has 0 unspecified atom stereocenters. The van der Waals surface area contributed by atoms with Gasteiger partial charge in [-0.25, -0.2) is 0 Å². The maximum Gasteiger partial charge on any atom is 0.140 e. The van der Waals surface area contributed by atoms with Crippen molar-refractivity contribution in [1.29, 1.82) is 5.26 Å². The Morgan fingerprint density at radius 1 is 1.50 bits per heavy atom. The van der Waals surface area contributed by atoms with Crippen LogP contribution in [0, 0.1) is 29.1 Å². The van der Waals surface area contributed by atoms with Crippen LogP contribution in [0.5, 0.6) is 0 Å². The van der Waals surface area contributed by atoms with Gasteiger partial charge in [0.25, 0.3) is 0 Å². The van der Waals surface area contributed by atoms with Gasteiger partial charge in [0.15, 0.2) is 0 Å². The summed E-state index contributed by atoms with van der Waals surface area (Å²) in [5.41, 5.74) is 0. The van der Waals surface area contributed by atoms with E-state index < -0.39 is 0 Å². The largest absolute Gasteiger partial charge is 0.299 e. The van der Waals surface area contributed by atoms with Crippen molar-refractivity contribution in [1.82, 2.24) is 0 Å². The molecule has 0 aromatic rings. The van der Waals surface area contributed by atoms with Gasteiger partial charge in [0.1, 0.15) is 5.78 Å². The second-order valence-electron chi connectivity index (χ2n) is 3.25. The van der Waals surface area contributed by atoms with Gasteiger partial charge in [0.05, 0.1) is 12.0 Å². The average Bonchev–Trinajstić information content (AvgIpc) is 2.46. The van der Waals surface area contributed by atoms with Crippen LogP contribution in [-0.4, -0.2) is 5.78 Å². The van der Waals surface area contributed by atoms with Crippen LogP contribution in [0.1, 0.15) is 19.3 Å². The van der Waals surface area contributed by atoms with Crippen molar-refractivity contribution in [2.24, 2.45) is 17.8 Å². The van der Waals surface area contributed by atoms with Crippen LogP contribution in [0.25, 0.3) is 0 Å². The Morgan fingerprint density at radius 3 is 2.60 bits per heavy atom. The normalized spacial score (nSPS) is 43.9. The highest BCUT2D eigenvalue weighted by molar-refractivity contribution is 5.88. The minimum absolute atomic E-state index is 0.0613. The zero-order valence-corrected chi connectivity index (χ0v) is 5.71. The van der Waals surface area contributed by atoms with Crippen molar-refractivity contribution < 1.29 is 4.79 Å². The number of Topliss-reactive ketones (excluding diaryl/α,β-unsaturated/α-hetero) is 1. The first-order chi connectivity index (χ1) is 4.83. The molecular weight excluding hydrogens is 126 g/mol. The molecule has 2 heteroatoms. The van der Waals surface area contributed by atoms with E-state index in [1.165, 1.54) is 0 Å². The molecule has 2 aliphatic carbocycles. The molecule has 0 aromatic heterocycles. The maximum absolute atomic E-state index is 11.2. The second-order valence-corrected chi connectivity index (χ2v) is 3.25. The summed E-state index contributed by atoms with van der Waals surface area (Å²) >= 11 is 0. The van der Waals surface area contributed by atoms with Gasteiger partial charge >= 0.3 is 0 Å². The predicted octanol–water partition coefficient (Wildman–Crippen LogP) is 1.13.